The maximum absolute atomic E-state index is 11.8. The van der Waals surface area contributed by atoms with Crippen molar-refractivity contribution in [2.45, 2.75) is 31.6 Å². The molecule has 0 spiro atoms. The fourth-order valence-electron chi connectivity index (χ4n) is 1.33. The van der Waals surface area contributed by atoms with E-state index >= 15 is 0 Å². The van der Waals surface area contributed by atoms with E-state index in [-0.39, 0.29) is 4.90 Å². The van der Waals surface area contributed by atoms with E-state index in [1.165, 1.54) is 0 Å². The molecule has 17 heavy (non-hydrogen) atoms. The van der Waals surface area contributed by atoms with Crippen LogP contribution in [0.4, 0.5) is 5.69 Å². The lowest BCUT2D eigenvalue weighted by molar-refractivity contribution is 0.578. The fraction of sp³-hybridized carbons (Fsp3) is 0.417. The summed E-state index contributed by atoms with van der Waals surface area (Å²) < 4.78 is 26.2. The van der Waals surface area contributed by atoms with Crippen molar-refractivity contribution in [2.75, 3.05) is 6.54 Å². The highest BCUT2D eigenvalue weighted by molar-refractivity contribution is 7.89. The number of nitrogens with one attached hydrogen (secondary N) is 1. The molecule has 0 fully saturated rings. The van der Waals surface area contributed by atoms with Crippen molar-refractivity contribution >= 4 is 21.9 Å². The zero-order chi connectivity index (χ0) is 12.7. The van der Waals surface area contributed by atoms with Crippen LogP contribution in [0.25, 0.3) is 0 Å². The van der Waals surface area contributed by atoms with Crippen LogP contribution in [0, 0.1) is 0 Å². The van der Waals surface area contributed by atoms with Crippen LogP contribution in [0.2, 0.25) is 0 Å². The van der Waals surface area contributed by atoms with Crippen molar-refractivity contribution in [3.63, 3.8) is 0 Å². The van der Waals surface area contributed by atoms with E-state index in [1.54, 1.807) is 30.5 Å². The van der Waals surface area contributed by atoms with E-state index < -0.39 is 10.0 Å². The smallest absolute Gasteiger partial charge is 0.240 e. The second-order valence-electron chi connectivity index (χ2n) is 3.63. The molecule has 0 aliphatic heterocycles. The number of sulfonamides is 1. The summed E-state index contributed by atoms with van der Waals surface area (Å²) in [7, 11) is -3.37. The van der Waals surface area contributed by atoms with Gasteiger partial charge < -0.3 is 0 Å². The molecule has 0 radical (unpaired) electrons. The minimum absolute atomic E-state index is 0.281. The molecule has 1 rings (SSSR count). The van der Waals surface area contributed by atoms with Gasteiger partial charge in [0.25, 0.3) is 0 Å². The van der Waals surface area contributed by atoms with E-state index in [0.717, 1.165) is 18.5 Å². The van der Waals surface area contributed by atoms with Gasteiger partial charge in [-0.3, -0.25) is 4.99 Å². The van der Waals surface area contributed by atoms with E-state index in [0.29, 0.717) is 6.54 Å². The van der Waals surface area contributed by atoms with E-state index in [9.17, 15) is 8.42 Å². The monoisotopic (exact) mass is 254 g/mol. The average molecular weight is 254 g/mol. The number of rotatable bonds is 6. The molecule has 1 aromatic rings. The predicted octanol–water partition coefficient (Wildman–Crippen LogP) is 2.49. The first-order chi connectivity index (χ1) is 8.10. The van der Waals surface area contributed by atoms with Crippen molar-refractivity contribution in [2.24, 2.45) is 4.99 Å². The number of benzene rings is 1. The molecule has 0 amide bonds. The summed E-state index contributed by atoms with van der Waals surface area (Å²) in [5.41, 5.74) is 0.750. The Kier molecular flexibility index (Phi) is 5.31. The SMILES string of the molecule is CC=Nc1ccc(S(=O)(=O)NCCCC)cc1. The topological polar surface area (TPSA) is 58.5 Å². The Morgan fingerprint density at radius 3 is 2.47 bits per heavy atom. The van der Waals surface area contributed by atoms with Crippen molar-refractivity contribution in [3.05, 3.63) is 24.3 Å². The highest BCUT2D eigenvalue weighted by Crippen LogP contribution is 2.15. The average Bonchev–Trinajstić information content (AvgIpc) is 2.30. The summed E-state index contributed by atoms with van der Waals surface area (Å²) in [4.78, 5) is 4.35. The molecule has 5 heteroatoms. The number of hydrogen-bond acceptors (Lipinski definition) is 3. The maximum atomic E-state index is 11.8. The van der Waals surface area contributed by atoms with Gasteiger partial charge in [-0.25, -0.2) is 13.1 Å². The molecule has 0 unspecified atom stereocenters. The van der Waals surface area contributed by atoms with Crippen molar-refractivity contribution < 1.29 is 8.42 Å². The molecule has 94 valence electrons. The van der Waals surface area contributed by atoms with Gasteiger partial charge >= 0.3 is 0 Å². The third-order valence-electron chi connectivity index (χ3n) is 2.25. The second-order valence-corrected chi connectivity index (χ2v) is 5.40. The molecule has 0 aromatic heterocycles. The van der Waals surface area contributed by atoms with Gasteiger partial charge in [0.2, 0.25) is 10.0 Å². The standard InChI is InChI=1S/C12H18N2O2S/c1-3-5-10-14-17(15,16)12-8-6-11(7-9-12)13-4-2/h4,6-9,14H,3,5,10H2,1-2H3. The Balaban J connectivity index is 2.77. The van der Waals surface area contributed by atoms with E-state index in [2.05, 4.69) is 9.71 Å². The van der Waals surface area contributed by atoms with Crippen LogP contribution in [0.3, 0.4) is 0 Å². The molecular formula is C12H18N2O2S. The third kappa shape index (κ3) is 4.28. The molecule has 1 aromatic carbocycles. The Morgan fingerprint density at radius 2 is 1.94 bits per heavy atom. The lowest BCUT2D eigenvalue weighted by atomic mass is 10.3. The fourth-order valence-corrected chi connectivity index (χ4v) is 2.40. The van der Waals surface area contributed by atoms with Gasteiger partial charge in [0, 0.05) is 12.8 Å². The number of aliphatic imine (C=N–C) groups is 1. The Bertz CT molecular complexity index is 464. The maximum Gasteiger partial charge on any atom is 0.240 e. The number of nitrogens with zero attached hydrogens (tertiary/aromatic N) is 1. The predicted molar refractivity (Wildman–Crippen MR) is 70.4 cm³/mol. The highest BCUT2D eigenvalue weighted by Gasteiger charge is 2.12. The van der Waals surface area contributed by atoms with Crippen LogP contribution < -0.4 is 4.72 Å². The molecule has 0 aliphatic carbocycles. The third-order valence-corrected chi connectivity index (χ3v) is 3.72. The first-order valence-corrected chi connectivity index (χ1v) is 7.17. The minimum atomic E-state index is -3.37. The summed E-state index contributed by atoms with van der Waals surface area (Å²) >= 11 is 0. The molecule has 0 atom stereocenters. The first kappa shape index (κ1) is 13.9. The van der Waals surface area contributed by atoms with Crippen molar-refractivity contribution in [3.8, 4) is 0 Å². The van der Waals surface area contributed by atoms with Gasteiger partial charge in [-0.15, -0.1) is 0 Å². The van der Waals surface area contributed by atoms with Gasteiger partial charge in [-0.1, -0.05) is 13.3 Å². The van der Waals surface area contributed by atoms with Gasteiger partial charge in [0.1, 0.15) is 0 Å². The highest BCUT2D eigenvalue weighted by atomic mass is 32.2. The lowest BCUT2D eigenvalue weighted by Crippen LogP contribution is -2.24. The van der Waals surface area contributed by atoms with Crippen LogP contribution in [-0.2, 0) is 10.0 Å². The van der Waals surface area contributed by atoms with Crippen LogP contribution in [-0.4, -0.2) is 21.2 Å². The quantitative estimate of drug-likeness (QED) is 0.626. The summed E-state index contributed by atoms with van der Waals surface area (Å²) in [6.45, 7) is 4.32. The van der Waals surface area contributed by atoms with Crippen molar-refractivity contribution in [1.82, 2.24) is 4.72 Å². The number of hydrogen-bond donors (Lipinski definition) is 1. The Labute approximate surface area is 103 Å². The molecule has 4 nitrogen and oxygen atoms in total. The molecule has 0 aliphatic rings. The minimum Gasteiger partial charge on any atom is -0.262 e. The van der Waals surface area contributed by atoms with Crippen molar-refractivity contribution in [1.29, 1.82) is 0 Å². The molecule has 0 heterocycles. The molecule has 0 bridgehead atoms. The van der Waals surface area contributed by atoms with E-state index in [1.807, 2.05) is 13.8 Å². The Hall–Kier alpha value is -1.20. The second kappa shape index (κ2) is 6.51. The largest absolute Gasteiger partial charge is 0.262 e. The Morgan fingerprint density at radius 1 is 1.29 bits per heavy atom. The van der Waals surface area contributed by atoms with Gasteiger partial charge in [-0.05, 0) is 37.6 Å². The van der Waals surface area contributed by atoms with Crippen LogP contribution in [0.1, 0.15) is 26.7 Å². The lowest BCUT2D eigenvalue weighted by Gasteiger charge is -2.05. The molecular weight excluding hydrogens is 236 g/mol. The van der Waals surface area contributed by atoms with Gasteiger partial charge in [0.05, 0.1) is 10.6 Å². The summed E-state index contributed by atoms with van der Waals surface area (Å²) in [5, 5.41) is 0. The van der Waals surface area contributed by atoms with Gasteiger partial charge in [-0.2, -0.15) is 0 Å². The molecule has 0 saturated heterocycles. The zero-order valence-corrected chi connectivity index (χ0v) is 11.0. The van der Waals surface area contributed by atoms with Crippen LogP contribution in [0.15, 0.2) is 34.2 Å². The normalized spacial score (nSPS) is 12.1. The summed E-state index contributed by atoms with van der Waals surface area (Å²) in [6.07, 6.45) is 3.48. The summed E-state index contributed by atoms with van der Waals surface area (Å²) in [5.74, 6) is 0. The van der Waals surface area contributed by atoms with Crippen LogP contribution >= 0.6 is 0 Å². The van der Waals surface area contributed by atoms with E-state index in [4.69, 9.17) is 0 Å². The zero-order valence-electron chi connectivity index (χ0n) is 10.2. The first-order valence-electron chi connectivity index (χ1n) is 5.68. The van der Waals surface area contributed by atoms with Gasteiger partial charge in [0.15, 0.2) is 0 Å². The number of unbranched alkanes of at least 4 members (excludes halogenated alkanes) is 1. The molecule has 0 saturated carbocycles. The summed E-state index contributed by atoms with van der Waals surface area (Å²) in [6, 6.07) is 6.51. The van der Waals surface area contributed by atoms with Crippen LogP contribution in [0.5, 0.6) is 0 Å². The molecule has 1 N–H and O–H groups in total.